The van der Waals surface area contributed by atoms with Gasteiger partial charge in [-0.1, -0.05) is 27.2 Å². The monoisotopic (exact) mass is 376 g/mol. The van der Waals surface area contributed by atoms with Gasteiger partial charge in [0.05, 0.1) is 17.9 Å². The molecule has 0 radical (unpaired) electrons. The second-order valence-electron chi connectivity index (χ2n) is 8.99. The van der Waals surface area contributed by atoms with Crippen LogP contribution in [0.5, 0.6) is 0 Å². The normalized spacial score (nSPS) is 24.5. The molecule has 1 aromatic heterocycles. The van der Waals surface area contributed by atoms with Crippen molar-refractivity contribution in [3.8, 4) is 0 Å². The number of nitrogens with zero attached hydrogens (tertiary/aromatic N) is 3. The van der Waals surface area contributed by atoms with E-state index in [0.717, 1.165) is 37.4 Å². The van der Waals surface area contributed by atoms with Crippen molar-refractivity contribution in [1.82, 2.24) is 15.2 Å². The van der Waals surface area contributed by atoms with Gasteiger partial charge in [0.2, 0.25) is 5.91 Å². The van der Waals surface area contributed by atoms with Gasteiger partial charge in [0.1, 0.15) is 5.67 Å². The van der Waals surface area contributed by atoms with Crippen LogP contribution in [0.15, 0.2) is 12.3 Å². The van der Waals surface area contributed by atoms with Gasteiger partial charge in [-0.05, 0) is 26.3 Å². The maximum Gasteiger partial charge on any atom is 0.241 e. The van der Waals surface area contributed by atoms with Crippen LogP contribution in [0.2, 0.25) is 0 Å². The maximum atomic E-state index is 15.1. The smallest absolute Gasteiger partial charge is 0.241 e. The highest BCUT2D eigenvalue weighted by atomic mass is 19.1. The Morgan fingerprint density at radius 3 is 2.89 bits per heavy atom. The standard InChI is InChI=1S/C21H33FN4O/c1-6-7-21(5,22)16-10-17-19(24-11-16)20(3,4)14-26(17)18(27)13-25-9-8-23-15(2)12-25/h10-11,15,23H,6-9,12-14H2,1-5H3. The van der Waals surface area contributed by atoms with Crippen LogP contribution in [0.3, 0.4) is 0 Å². The highest BCUT2D eigenvalue weighted by Gasteiger charge is 2.41. The molecule has 0 saturated carbocycles. The maximum absolute atomic E-state index is 15.1. The largest absolute Gasteiger partial charge is 0.312 e. The van der Waals surface area contributed by atoms with Gasteiger partial charge in [-0.2, -0.15) is 0 Å². The molecule has 5 nitrogen and oxygen atoms in total. The number of carbonyl (C=O) groups is 1. The second kappa shape index (κ2) is 7.47. The summed E-state index contributed by atoms with van der Waals surface area (Å²) in [6.07, 6.45) is 2.87. The summed E-state index contributed by atoms with van der Waals surface area (Å²) in [4.78, 5) is 21.7. The number of piperazine rings is 1. The van der Waals surface area contributed by atoms with Gasteiger partial charge in [0.25, 0.3) is 0 Å². The molecule has 3 rings (SSSR count). The van der Waals surface area contributed by atoms with Crippen molar-refractivity contribution in [3.63, 3.8) is 0 Å². The summed E-state index contributed by atoms with van der Waals surface area (Å²) >= 11 is 0. The van der Waals surface area contributed by atoms with Crippen LogP contribution in [0, 0.1) is 0 Å². The number of hydrogen-bond acceptors (Lipinski definition) is 4. The van der Waals surface area contributed by atoms with Crippen LogP contribution >= 0.6 is 0 Å². The number of fused-ring (bicyclic) bond motifs is 1. The van der Waals surface area contributed by atoms with E-state index < -0.39 is 5.67 Å². The van der Waals surface area contributed by atoms with E-state index in [1.54, 1.807) is 13.1 Å². The average Bonchev–Trinajstić information content (AvgIpc) is 2.86. The Morgan fingerprint density at radius 1 is 1.48 bits per heavy atom. The number of pyridine rings is 1. The third kappa shape index (κ3) is 4.16. The van der Waals surface area contributed by atoms with E-state index >= 15 is 4.39 Å². The molecule has 2 atom stereocenters. The lowest BCUT2D eigenvalue weighted by Crippen LogP contribution is -2.52. The van der Waals surface area contributed by atoms with E-state index in [1.165, 1.54) is 0 Å². The lowest BCUT2D eigenvalue weighted by molar-refractivity contribution is -0.120. The molecule has 0 aliphatic carbocycles. The molecule has 2 unspecified atom stereocenters. The van der Waals surface area contributed by atoms with Crippen LogP contribution in [-0.4, -0.2) is 54.6 Å². The van der Waals surface area contributed by atoms with Crippen molar-refractivity contribution in [2.75, 3.05) is 37.6 Å². The van der Waals surface area contributed by atoms with Crippen molar-refractivity contribution in [3.05, 3.63) is 23.5 Å². The molecule has 0 spiro atoms. The fraction of sp³-hybridized carbons (Fsp3) is 0.714. The van der Waals surface area contributed by atoms with Crippen LogP contribution < -0.4 is 10.2 Å². The van der Waals surface area contributed by atoms with Crippen molar-refractivity contribution in [2.24, 2.45) is 0 Å². The van der Waals surface area contributed by atoms with Crippen LogP contribution in [0.25, 0.3) is 0 Å². The second-order valence-corrected chi connectivity index (χ2v) is 8.99. The SMILES string of the molecule is CCCC(C)(F)c1cnc2c(c1)N(C(=O)CN1CCNC(C)C1)CC2(C)C. The molecule has 0 bridgehead atoms. The molecule has 0 aromatic carbocycles. The van der Waals surface area contributed by atoms with Gasteiger partial charge in [-0.15, -0.1) is 0 Å². The molecule has 1 aromatic rings. The zero-order valence-electron chi connectivity index (χ0n) is 17.3. The predicted molar refractivity (Wildman–Crippen MR) is 107 cm³/mol. The minimum Gasteiger partial charge on any atom is -0.312 e. The van der Waals surface area contributed by atoms with E-state index in [9.17, 15) is 4.79 Å². The summed E-state index contributed by atoms with van der Waals surface area (Å²) < 4.78 is 15.1. The molecule has 1 fully saturated rings. The zero-order chi connectivity index (χ0) is 19.8. The number of aromatic nitrogens is 1. The summed E-state index contributed by atoms with van der Waals surface area (Å²) in [5.41, 5.74) is 0.588. The molecule has 27 heavy (non-hydrogen) atoms. The number of anilines is 1. The van der Waals surface area contributed by atoms with Crippen molar-refractivity contribution in [2.45, 2.75) is 64.6 Å². The molecular formula is C21H33FN4O. The van der Waals surface area contributed by atoms with Crippen molar-refractivity contribution >= 4 is 11.6 Å². The van der Waals surface area contributed by atoms with Gasteiger partial charge < -0.3 is 10.2 Å². The molecule has 150 valence electrons. The van der Waals surface area contributed by atoms with Crippen molar-refractivity contribution in [1.29, 1.82) is 0 Å². The number of halogens is 1. The predicted octanol–water partition coefficient (Wildman–Crippen LogP) is 2.98. The highest BCUT2D eigenvalue weighted by molar-refractivity contribution is 5.97. The first-order chi connectivity index (χ1) is 12.6. The summed E-state index contributed by atoms with van der Waals surface area (Å²) in [7, 11) is 0. The van der Waals surface area contributed by atoms with Crippen LogP contribution in [-0.2, 0) is 15.9 Å². The number of alkyl halides is 1. The molecule has 3 heterocycles. The lowest BCUT2D eigenvalue weighted by Gasteiger charge is -2.32. The summed E-state index contributed by atoms with van der Waals surface area (Å²) in [5, 5.41) is 3.40. The molecule has 1 saturated heterocycles. The number of carbonyl (C=O) groups excluding carboxylic acids is 1. The molecule has 1 amide bonds. The Labute approximate surface area is 162 Å². The molecule has 1 N–H and O–H groups in total. The first-order valence-corrected chi connectivity index (χ1v) is 10.1. The molecule has 2 aliphatic heterocycles. The Balaban J connectivity index is 1.85. The zero-order valence-corrected chi connectivity index (χ0v) is 17.3. The number of amides is 1. The number of nitrogens with one attached hydrogen (secondary N) is 1. The molecule has 6 heteroatoms. The van der Waals surface area contributed by atoms with E-state index in [2.05, 4.69) is 36.0 Å². The number of rotatable bonds is 5. The van der Waals surface area contributed by atoms with Gasteiger partial charge in [0.15, 0.2) is 0 Å². The first-order valence-electron chi connectivity index (χ1n) is 10.1. The minimum absolute atomic E-state index is 0.0749. The highest BCUT2D eigenvalue weighted by Crippen LogP contribution is 2.42. The fourth-order valence-corrected chi connectivity index (χ4v) is 4.29. The van der Waals surface area contributed by atoms with E-state index in [4.69, 9.17) is 0 Å². The Morgan fingerprint density at radius 2 is 2.22 bits per heavy atom. The summed E-state index contributed by atoms with van der Waals surface area (Å²) in [5.74, 6) is 0.0749. The van der Waals surface area contributed by atoms with E-state index in [1.807, 2.05) is 17.9 Å². The topological polar surface area (TPSA) is 48.5 Å². The number of hydrogen-bond donors (Lipinski definition) is 1. The van der Waals surface area contributed by atoms with E-state index in [0.29, 0.717) is 31.1 Å². The Kier molecular flexibility index (Phi) is 5.59. The van der Waals surface area contributed by atoms with Gasteiger partial charge in [-0.3, -0.25) is 14.7 Å². The van der Waals surface area contributed by atoms with Gasteiger partial charge in [-0.25, -0.2) is 4.39 Å². The quantitative estimate of drug-likeness (QED) is 0.858. The minimum atomic E-state index is -1.42. The summed E-state index contributed by atoms with van der Waals surface area (Å²) in [6, 6.07) is 2.24. The summed E-state index contributed by atoms with van der Waals surface area (Å²) in [6.45, 7) is 13.5. The molecule has 2 aliphatic rings. The Bertz CT molecular complexity index is 703. The first kappa shape index (κ1) is 20.2. The third-order valence-corrected chi connectivity index (χ3v) is 5.79. The van der Waals surface area contributed by atoms with Gasteiger partial charge in [0, 0.05) is 49.4 Å². The van der Waals surface area contributed by atoms with Gasteiger partial charge >= 0.3 is 0 Å². The third-order valence-electron chi connectivity index (χ3n) is 5.79. The Hall–Kier alpha value is -1.53. The lowest BCUT2D eigenvalue weighted by atomic mass is 9.89. The fourth-order valence-electron chi connectivity index (χ4n) is 4.29. The van der Waals surface area contributed by atoms with Crippen LogP contribution in [0.1, 0.15) is 58.7 Å². The molecular weight excluding hydrogens is 343 g/mol. The average molecular weight is 377 g/mol. The van der Waals surface area contributed by atoms with Crippen LogP contribution in [0.4, 0.5) is 10.1 Å². The van der Waals surface area contributed by atoms with Crippen molar-refractivity contribution < 1.29 is 9.18 Å². The van der Waals surface area contributed by atoms with E-state index in [-0.39, 0.29) is 11.3 Å².